The first-order valence-electron chi connectivity index (χ1n) is 6.24. The summed E-state index contributed by atoms with van der Waals surface area (Å²) in [6.45, 7) is 10.5. The molecular formula is C12H26N2O. The molecule has 0 saturated carbocycles. The lowest BCUT2D eigenvalue weighted by atomic mass is 9.98. The SMILES string of the molecule is CCOC1CCCN(C(C)C(C)CN)C1. The van der Waals surface area contributed by atoms with Gasteiger partial charge >= 0.3 is 0 Å². The number of ether oxygens (including phenoxy) is 1. The molecule has 1 aliphatic rings. The first-order valence-corrected chi connectivity index (χ1v) is 6.24. The van der Waals surface area contributed by atoms with Crippen LogP contribution in [0.4, 0.5) is 0 Å². The number of piperidine rings is 1. The maximum Gasteiger partial charge on any atom is 0.0702 e. The predicted molar refractivity (Wildman–Crippen MR) is 63.9 cm³/mol. The van der Waals surface area contributed by atoms with Crippen LogP contribution in [0.25, 0.3) is 0 Å². The Labute approximate surface area is 94.0 Å². The van der Waals surface area contributed by atoms with E-state index in [2.05, 4.69) is 25.7 Å². The van der Waals surface area contributed by atoms with Crippen molar-refractivity contribution in [1.82, 2.24) is 4.90 Å². The summed E-state index contributed by atoms with van der Waals surface area (Å²) in [6.07, 6.45) is 2.91. The summed E-state index contributed by atoms with van der Waals surface area (Å²) in [6, 6.07) is 0.582. The minimum absolute atomic E-state index is 0.441. The van der Waals surface area contributed by atoms with Crippen LogP contribution in [0, 0.1) is 5.92 Å². The van der Waals surface area contributed by atoms with Gasteiger partial charge in [-0.3, -0.25) is 4.90 Å². The summed E-state index contributed by atoms with van der Waals surface area (Å²) in [4.78, 5) is 2.53. The van der Waals surface area contributed by atoms with Crippen LogP contribution in [0.2, 0.25) is 0 Å². The molecule has 1 saturated heterocycles. The molecular weight excluding hydrogens is 188 g/mol. The van der Waals surface area contributed by atoms with E-state index in [0.717, 1.165) is 19.7 Å². The quantitative estimate of drug-likeness (QED) is 0.753. The fraction of sp³-hybridized carbons (Fsp3) is 1.00. The lowest BCUT2D eigenvalue weighted by molar-refractivity contribution is -0.0115. The highest BCUT2D eigenvalue weighted by Crippen LogP contribution is 2.18. The molecule has 2 N–H and O–H groups in total. The van der Waals surface area contributed by atoms with E-state index in [0.29, 0.717) is 18.1 Å². The van der Waals surface area contributed by atoms with Crippen molar-refractivity contribution >= 4 is 0 Å². The van der Waals surface area contributed by atoms with Crippen molar-refractivity contribution in [3.63, 3.8) is 0 Å². The third kappa shape index (κ3) is 3.74. The molecule has 0 aromatic rings. The van der Waals surface area contributed by atoms with Crippen LogP contribution < -0.4 is 5.73 Å². The third-order valence-corrected chi connectivity index (χ3v) is 3.58. The van der Waals surface area contributed by atoms with Gasteiger partial charge in [0.05, 0.1) is 6.10 Å². The molecule has 90 valence electrons. The average molecular weight is 214 g/mol. The second-order valence-corrected chi connectivity index (χ2v) is 4.67. The van der Waals surface area contributed by atoms with Crippen LogP contribution in [-0.4, -0.2) is 43.3 Å². The third-order valence-electron chi connectivity index (χ3n) is 3.58. The maximum absolute atomic E-state index is 5.72. The van der Waals surface area contributed by atoms with Crippen molar-refractivity contribution in [2.24, 2.45) is 11.7 Å². The zero-order chi connectivity index (χ0) is 11.3. The Balaban J connectivity index is 2.41. The van der Waals surface area contributed by atoms with Gasteiger partial charge < -0.3 is 10.5 Å². The number of likely N-dealkylation sites (tertiary alicyclic amines) is 1. The topological polar surface area (TPSA) is 38.5 Å². The van der Waals surface area contributed by atoms with Gasteiger partial charge in [0.2, 0.25) is 0 Å². The molecule has 1 fully saturated rings. The molecule has 1 heterocycles. The summed E-state index contributed by atoms with van der Waals surface area (Å²) in [5.41, 5.74) is 5.72. The highest BCUT2D eigenvalue weighted by Gasteiger charge is 2.25. The lowest BCUT2D eigenvalue weighted by Crippen LogP contribution is -2.47. The van der Waals surface area contributed by atoms with Gasteiger partial charge in [0.1, 0.15) is 0 Å². The van der Waals surface area contributed by atoms with E-state index in [4.69, 9.17) is 10.5 Å². The number of nitrogens with zero attached hydrogens (tertiary/aromatic N) is 1. The highest BCUT2D eigenvalue weighted by atomic mass is 16.5. The maximum atomic E-state index is 5.72. The first kappa shape index (κ1) is 12.9. The van der Waals surface area contributed by atoms with E-state index in [1.807, 2.05) is 0 Å². The monoisotopic (exact) mass is 214 g/mol. The molecule has 3 heteroatoms. The van der Waals surface area contributed by atoms with E-state index in [9.17, 15) is 0 Å². The van der Waals surface area contributed by atoms with E-state index in [1.165, 1.54) is 19.4 Å². The Morgan fingerprint density at radius 2 is 2.20 bits per heavy atom. The van der Waals surface area contributed by atoms with E-state index >= 15 is 0 Å². The zero-order valence-corrected chi connectivity index (χ0v) is 10.4. The van der Waals surface area contributed by atoms with Gasteiger partial charge in [-0.15, -0.1) is 0 Å². The van der Waals surface area contributed by atoms with Crippen molar-refractivity contribution in [2.75, 3.05) is 26.2 Å². The Bertz CT molecular complexity index is 173. The molecule has 0 spiro atoms. The summed E-state index contributed by atoms with van der Waals surface area (Å²) in [7, 11) is 0. The number of nitrogens with two attached hydrogens (primary N) is 1. The van der Waals surface area contributed by atoms with Crippen molar-refractivity contribution in [2.45, 2.75) is 45.8 Å². The zero-order valence-electron chi connectivity index (χ0n) is 10.4. The van der Waals surface area contributed by atoms with E-state index < -0.39 is 0 Å². The average Bonchev–Trinajstić information content (AvgIpc) is 2.28. The Morgan fingerprint density at radius 1 is 1.47 bits per heavy atom. The van der Waals surface area contributed by atoms with Gasteiger partial charge in [0.25, 0.3) is 0 Å². The standard InChI is InChI=1S/C12H26N2O/c1-4-15-12-6-5-7-14(9-12)11(3)10(2)8-13/h10-12H,4-9,13H2,1-3H3. The van der Waals surface area contributed by atoms with Gasteiger partial charge in [0.15, 0.2) is 0 Å². The molecule has 0 aliphatic carbocycles. The van der Waals surface area contributed by atoms with Crippen molar-refractivity contribution in [3.05, 3.63) is 0 Å². The molecule has 0 bridgehead atoms. The fourth-order valence-corrected chi connectivity index (χ4v) is 2.26. The van der Waals surface area contributed by atoms with Crippen LogP contribution in [0.1, 0.15) is 33.6 Å². The molecule has 1 aliphatic heterocycles. The van der Waals surface area contributed by atoms with Gasteiger partial charge in [-0.2, -0.15) is 0 Å². The second-order valence-electron chi connectivity index (χ2n) is 4.67. The van der Waals surface area contributed by atoms with Crippen LogP contribution in [0.3, 0.4) is 0 Å². The van der Waals surface area contributed by atoms with Gasteiger partial charge in [-0.1, -0.05) is 6.92 Å². The van der Waals surface area contributed by atoms with Crippen molar-refractivity contribution in [1.29, 1.82) is 0 Å². The molecule has 15 heavy (non-hydrogen) atoms. The van der Waals surface area contributed by atoms with Crippen LogP contribution >= 0.6 is 0 Å². The van der Waals surface area contributed by atoms with Crippen LogP contribution in [-0.2, 0) is 4.74 Å². The molecule has 0 aromatic carbocycles. The Morgan fingerprint density at radius 3 is 2.80 bits per heavy atom. The Hall–Kier alpha value is -0.120. The van der Waals surface area contributed by atoms with Crippen LogP contribution in [0.15, 0.2) is 0 Å². The number of hydrogen-bond donors (Lipinski definition) is 1. The summed E-state index contributed by atoms with van der Waals surface area (Å²) in [5, 5.41) is 0. The normalized spacial score (nSPS) is 27.6. The largest absolute Gasteiger partial charge is 0.377 e. The summed E-state index contributed by atoms with van der Waals surface area (Å²) in [5.74, 6) is 0.574. The Kier molecular flexibility index (Phi) is 5.58. The predicted octanol–water partition coefficient (Wildman–Crippen LogP) is 1.47. The fourth-order valence-electron chi connectivity index (χ4n) is 2.26. The minimum atomic E-state index is 0.441. The summed E-state index contributed by atoms with van der Waals surface area (Å²) >= 11 is 0. The molecule has 3 nitrogen and oxygen atoms in total. The lowest BCUT2D eigenvalue weighted by Gasteiger charge is -2.38. The molecule has 0 amide bonds. The van der Waals surface area contributed by atoms with Gasteiger partial charge in [0, 0.05) is 19.2 Å². The summed E-state index contributed by atoms with van der Waals surface area (Å²) < 4.78 is 5.70. The van der Waals surface area contributed by atoms with E-state index in [1.54, 1.807) is 0 Å². The molecule has 3 atom stereocenters. The highest BCUT2D eigenvalue weighted by molar-refractivity contribution is 4.80. The number of rotatable bonds is 5. The molecule has 0 radical (unpaired) electrons. The van der Waals surface area contributed by atoms with Crippen molar-refractivity contribution < 1.29 is 4.74 Å². The minimum Gasteiger partial charge on any atom is -0.377 e. The van der Waals surface area contributed by atoms with Crippen molar-refractivity contribution in [3.8, 4) is 0 Å². The second kappa shape index (κ2) is 6.46. The van der Waals surface area contributed by atoms with Gasteiger partial charge in [-0.05, 0) is 45.7 Å². The number of hydrogen-bond acceptors (Lipinski definition) is 3. The molecule has 0 aromatic heterocycles. The van der Waals surface area contributed by atoms with Crippen LogP contribution in [0.5, 0.6) is 0 Å². The van der Waals surface area contributed by atoms with E-state index in [-0.39, 0.29) is 0 Å². The smallest absolute Gasteiger partial charge is 0.0702 e. The molecule has 1 rings (SSSR count). The molecule has 3 unspecified atom stereocenters. The first-order chi connectivity index (χ1) is 7.19. The van der Waals surface area contributed by atoms with Gasteiger partial charge in [-0.25, -0.2) is 0 Å².